The van der Waals surface area contributed by atoms with E-state index in [0.717, 1.165) is 0 Å². The third-order valence-electron chi connectivity index (χ3n) is 4.63. The van der Waals surface area contributed by atoms with Crippen LogP contribution >= 0.6 is 11.6 Å². The lowest BCUT2D eigenvalue weighted by Crippen LogP contribution is -2.18. The molecule has 8 heteroatoms. The second kappa shape index (κ2) is 9.77. The average Bonchev–Trinajstić information content (AvgIpc) is 2.82. The van der Waals surface area contributed by atoms with Crippen molar-refractivity contribution >= 4 is 38.9 Å². The molecule has 0 aromatic heterocycles. The zero-order valence-electron chi connectivity index (χ0n) is 17.2. The third kappa shape index (κ3) is 5.52. The standard InChI is InChI=1S/C25H19ClN2O4S/c26-18-15-16-24(32-19-9-3-1-4-10-19)23(17-18)27-25(29)21-13-7-8-14-22(21)28-33(30,31)20-11-5-2-6-12-20/h1-17,28H,(H,27,29). The first-order valence-electron chi connectivity index (χ1n) is 9.93. The molecule has 166 valence electrons. The minimum Gasteiger partial charge on any atom is -0.455 e. The van der Waals surface area contributed by atoms with Gasteiger partial charge >= 0.3 is 0 Å². The molecule has 0 fully saturated rings. The van der Waals surface area contributed by atoms with E-state index in [0.29, 0.717) is 22.2 Å². The first kappa shape index (κ1) is 22.4. The van der Waals surface area contributed by atoms with Crippen LogP contribution in [0.2, 0.25) is 5.02 Å². The number of amides is 1. The SMILES string of the molecule is O=C(Nc1cc(Cl)ccc1Oc1ccccc1)c1ccccc1NS(=O)(=O)c1ccccc1. The maximum Gasteiger partial charge on any atom is 0.261 e. The number of carbonyl (C=O) groups excluding carboxylic acids is 1. The minimum absolute atomic E-state index is 0.0913. The van der Waals surface area contributed by atoms with Gasteiger partial charge in [-0.1, -0.05) is 60.1 Å². The van der Waals surface area contributed by atoms with Gasteiger partial charge in [-0.15, -0.1) is 0 Å². The van der Waals surface area contributed by atoms with Crippen LogP contribution in [0.3, 0.4) is 0 Å². The van der Waals surface area contributed by atoms with E-state index >= 15 is 0 Å². The molecule has 4 rings (SSSR count). The van der Waals surface area contributed by atoms with Crippen LogP contribution in [0.15, 0.2) is 108 Å². The molecule has 0 heterocycles. The molecule has 0 aliphatic heterocycles. The van der Waals surface area contributed by atoms with Crippen LogP contribution in [0.5, 0.6) is 11.5 Å². The molecule has 0 unspecified atom stereocenters. The summed E-state index contributed by atoms with van der Waals surface area (Å²) >= 11 is 6.14. The Hall–Kier alpha value is -3.81. The minimum atomic E-state index is -3.87. The fourth-order valence-corrected chi connectivity index (χ4v) is 4.34. The molecule has 4 aromatic carbocycles. The van der Waals surface area contributed by atoms with Crippen molar-refractivity contribution in [2.75, 3.05) is 10.0 Å². The molecule has 0 saturated carbocycles. The number of anilines is 2. The Bertz CT molecular complexity index is 1380. The number of sulfonamides is 1. The lowest BCUT2D eigenvalue weighted by Gasteiger charge is -2.15. The molecule has 0 aliphatic rings. The van der Waals surface area contributed by atoms with Gasteiger partial charge in [0.2, 0.25) is 0 Å². The summed E-state index contributed by atoms with van der Waals surface area (Å²) in [5, 5.41) is 3.18. The largest absolute Gasteiger partial charge is 0.455 e. The summed E-state index contributed by atoms with van der Waals surface area (Å²) in [7, 11) is -3.87. The lowest BCUT2D eigenvalue weighted by atomic mass is 10.1. The summed E-state index contributed by atoms with van der Waals surface area (Å²) in [6.07, 6.45) is 0. The van der Waals surface area contributed by atoms with E-state index in [2.05, 4.69) is 10.0 Å². The Morgan fingerprint density at radius 2 is 1.39 bits per heavy atom. The van der Waals surface area contributed by atoms with Gasteiger partial charge < -0.3 is 10.1 Å². The average molecular weight is 479 g/mol. The summed E-state index contributed by atoms with van der Waals surface area (Å²) in [5.41, 5.74) is 0.631. The van der Waals surface area contributed by atoms with Crippen molar-refractivity contribution in [1.29, 1.82) is 0 Å². The van der Waals surface area contributed by atoms with E-state index in [4.69, 9.17) is 16.3 Å². The Morgan fingerprint density at radius 1 is 0.758 bits per heavy atom. The highest BCUT2D eigenvalue weighted by Crippen LogP contribution is 2.33. The quantitative estimate of drug-likeness (QED) is 0.332. The molecule has 6 nitrogen and oxygen atoms in total. The van der Waals surface area contributed by atoms with Crippen LogP contribution in [-0.2, 0) is 10.0 Å². The third-order valence-corrected chi connectivity index (χ3v) is 6.25. The van der Waals surface area contributed by atoms with E-state index in [1.165, 1.54) is 24.3 Å². The highest BCUT2D eigenvalue weighted by atomic mass is 35.5. The van der Waals surface area contributed by atoms with Crippen molar-refractivity contribution in [3.63, 3.8) is 0 Å². The summed E-state index contributed by atoms with van der Waals surface area (Å²) in [6, 6.07) is 28.2. The first-order valence-corrected chi connectivity index (χ1v) is 11.8. The summed E-state index contributed by atoms with van der Waals surface area (Å²) < 4.78 is 33.9. The molecule has 0 atom stereocenters. The molecule has 33 heavy (non-hydrogen) atoms. The number of benzene rings is 4. The molecular weight excluding hydrogens is 460 g/mol. The Balaban J connectivity index is 1.61. The van der Waals surface area contributed by atoms with Crippen molar-refractivity contribution in [1.82, 2.24) is 0 Å². The number of para-hydroxylation sites is 2. The summed E-state index contributed by atoms with van der Waals surface area (Å²) in [4.78, 5) is 13.2. The zero-order valence-corrected chi connectivity index (χ0v) is 18.8. The molecular formula is C25H19ClN2O4S. The fraction of sp³-hybridized carbons (Fsp3) is 0. The molecule has 0 spiro atoms. The number of carbonyl (C=O) groups is 1. The second-order valence-electron chi connectivity index (χ2n) is 6.97. The van der Waals surface area contributed by atoms with Crippen LogP contribution in [0.1, 0.15) is 10.4 Å². The van der Waals surface area contributed by atoms with Gasteiger partial charge in [-0.3, -0.25) is 9.52 Å². The molecule has 0 saturated heterocycles. The monoisotopic (exact) mass is 478 g/mol. The smallest absolute Gasteiger partial charge is 0.261 e. The summed E-state index contributed by atoms with van der Waals surface area (Å²) in [6.45, 7) is 0. The highest BCUT2D eigenvalue weighted by molar-refractivity contribution is 7.92. The van der Waals surface area contributed by atoms with Crippen LogP contribution in [-0.4, -0.2) is 14.3 Å². The molecule has 2 N–H and O–H groups in total. The van der Waals surface area contributed by atoms with Crippen LogP contribution in [0, 0.1) is 0 Å². The van der Waals surface area contributed by atoms with Crippen LogP contribution < -0.4 is 14.8 Å². The van der Waals surface area contributed by atoms with Crippen molar-refractivity contribution in [3.05, 3.63) is 114 Å². The Morgan fingerprint density at radius 3 is 2.12 bits per heavy atom. The molecule has 0 aliphatic carbocycles. The number of hydrogen-bond acceptors (Lipinski definition) is 4. The van der Waals surface area contributed by atoms with E-state index in [1.54, 1.807) is 60.7 Å². The number of halogens is 1. The predicted molar refractivity (Wildman–Crippen MR) is 130 cm³/mol. The first-order chi connectivity index (χ1) is 15.9. The number of hydrogen-bond donors (Lipinski definition) is 2. The maximum atomic E-state index is 13.1. The summed E-state index contributed by atoms with van der Waals surface area (Å²) in [5.74, 6) is 0.453. The van der Waals surface area contributed by atoms with Gasteiger partial charge in [0.05, 0.1) is 21.8 Å². The van der Waals surface area contributed by atoms with Crippen LogP contribution in [0.4, 0.5) is 11.4 Å². The van der Waals surface area contributed by atoms with E-state index in [1.807, 2.05) is 18.2 Å². The normalized spacial score (nSPS) is 10.9. The van der Waals surface area contributed by atoms with E-state index in [9.17, 15) is 13.2 Å². The van der Waals surface area contributed by atoms with Gasteiger partial charge in [-0.2, -0.15) is 0 Å². The molecule has 1 amide bonds. The number of rotatable bonds is 7. The van der Waals surface area contributed by atoms with Crippen LogP contribution in [0.25, 0.3) is 0 Å². The van der Waals surface area contributed by atoms with Crippen molar-refractivity contribution in [2.24, 2.45) is 0 Å². The Kier molecular flexibility index (Phi) is 6.63. The van der Waals surface area contributed by atoms with Gasteiger partial charge in [-0.05, 0) is 54.6 Å². The molecule has 0 radical (unpaired) electrons. The van der Waals surface area contributed by atoms with Crippen molar-refractivity contribution in [2.45, 2.75) is 4.90 Å². The van der Waals surface area contributed by atoms with Gasteiger partial charge in [0, 0.05) is 5.02 Å². The van der Waals surface area contributed by atoms with Gasteiger partial charge in [0.15, 0.2) is 5.75 Å². The topological polar surface area (TPSA) is 84.5 Å². The lowest BCUT2D eigenvalue weighted by molar-refractivity contribution is 0.102. The van der Waals surface area contributed by atoms with E-state index < -0.39 is 15.9 Å². The van der Waals surface area contributed by atoms with Crippen molar-refractivity contribution in [3.8, 4) is 11.5 Å². The van der Waals surface area contributed by atoms with Crippen molar-refractivity contribution < 1.29 is 17.9 Å². The number of ether oxygens (including phenoxy) is 1. The predicted octanol–water partition coefficient (Wildman–Crippen LogP) is 6.19. The maximum absolute atomic E-state index is 13.1. The van der Waals surface area contributed by atoms with E-state index in [-0.39, 0.29) is 16.1 Å². The molecule has 4 aromatic rings. The van der Waals surface area contributed by atoms with Gasteiger partial charge in [0.1, 0.15) is 5.75 Å². The molecule has 0 bridgehead atoms. The van der Waals surface area contributed by atoms with Gasteiger partial charge in [-0.25, -0.2) is 8.42 Å². The number of nitrogens with one attached hydrogen (secondary N) is 2. The van der Waals surface area contributed by atoms with Gasteiger partial charge in [0.25, 0.3) is 15.9 Å². The second-order valence-corrected chi connectivity index (χ2v) is 9.09. The highest BCUT2D eigenvalue weighted by Gasteiger charge is 2.19. The zero-order chi connectivity index (χ0) is 23.3. The Labute approximate surface area is 196 Å². The fourth-order valence-electron chi connectivity index (χ4n) is 3.07.